The van der Waals surface area contributed by atoms with Crippen LogP contribution in [0.4, 0.5) is 0 Å². The van der Waals surface area contributed by atoms with Gasteiger partial charge in [0, 0.05) is 19.6 Å². The number of nitrogens with zero attached hydrogens (tertiary/aromatic N) is 1. The molecule has 1 aromatic carbocycles. The fraction of sp³-hybridized carbons (Fsp3) is 0.750. The quantitative estimate of drug-likeness (QED) is 0.682. The molecule has 3 heteroatoms. The zero-order chi connectivity index (χ0) is 20.0. The van der Waals surface area contributed by atoms with E-state index in [1.165, 1.54) is 30.5 Å². The van der Waals surface area contributed by atoms with Gasteiger partial charge in [0.2, 0.25) is 0 Å². The number of hydrogen-bond donors (Lipinski definition) is 0. The number of rotatable bonds is 5. The molecule has 1 aromatic rings. The van der Waals surface area contributed by atoms with Crippen LogP contribution in [0.15, 0.2) is 12.1 Å². The molecular formula is C24H40BNO. The van der Waals surface area contributed by atoms with Crippen molar-refractivity contribution in [3.05, 3.63) is 28.8 Å². The van der Waals surface area contributed by atoms with E-state index >= 15 is 0 Å². The third-order valence-electron chi connectivity index (χ3n) is 7.74. The molecule has 27 heavy (non-hydrogen) atoms. The topological polar surface area (TPSA) is 12.5 Å². The monoisotopic (exact) mass is 369 g/mol. The predicted molar refractivity (Wildman–Crippen MR) is 118 cm³/mol. The maximum atomic E-state index is 6.53. The Hall–Kier alpha value is -0.795. The maximum Gasteiger partial charge on any atom is 0.327 e. The molecule has 1 atom stereocenters. The first-order chi connectivity index (χ1) is 12.5. The lowest BCUT2D eigenvalue weighted by Crippen LogP contribution is -2.38. The molecule has 0 radical (unpaired) electrons. The number of fused-ring (bicyclic) bond motifs is 1. The van der Waals surface area contributed by atoms with Gasteiger partial charge >= 0.3 is 6.92 Å². The minimum atomic E-state index is -0.0657. The SMILES string of the molecule is CCc1cc(B2CC(C)(C)C(C)(C)O2)cc2c1CN(CC(C)C(C)C)CC2. The zero-order valence-electron chi connectivity index (χ0n) is 19.0. The van der Waals surface area contributed by atoms with E-state index < -0.39 is 0 Å². The van der Waals surface area contributed by atoms with Crippen LogP contribution in [0.1, 0.15) is 72.1 Å². The molecule has 1 saturated heterocycles. The van der Waals surface area contributed by atoms with E-state index in [-0.39, 0.29) is 17.9 Å². The summed E-state index contributed by atoms with van der Waals surface area (Å²) in [6.07, 6.45) is 3.41. The average molecular weight is 369 g/mol. The highest BCUT2D eigenvalue weighted by Gasteiger charge is 2.50. The molecule has 2 heterocycles. The van der Waals surface area contributed by atoms with Gasteiger partial charge in [-0.1, -0.05) is 53.7 Å². The summed E-state index contributed by atoms with van der Waals surface area (Å²) in [5, 5.41) is 0. The largest absolute Gasteiger partial charge is 0.426 e. The van der Waals surface area contributed by atoms with Crippen molar-refractivity contribution in [1.29, 1.82) is 0 Å². The number of benzene rings is 1. The van der Waals surface area contributed by atoms with Crippen LogP contribution in [0.25, 0.3) is 0 Å². The minimum Gasteiger partial charge on any atom is -0.426 e. The van der Waals surface area contributed by atoms with Gasteiger partial charge in [0.05, 0.1) is 5.60 Å². The Kier molecular flexibility index (Phi) is 5.86. The molecule has 150 valence electrons. The van der Waals surface area contributed by atoms with Crippen molar-refractivity contribution < 1.29 is 4.65 Å². The Morgan fingerprint density at radius 1 is 1.15 bits per heavy atom. The van der Waals surface area contributed by atoms with Gasteiger partial charge in [0.15, 0.2) is 0 Å². The van der Waals surface area contributed by atoms with Gasteiger partial charge in [-0.25, -0.2) is 0 Å². The van der Waals surface area contributed by atoms with Crippen LogP contribution in [0.3, 0.4) is 0 Å². The predicted octanol–water partition coefficient (Wildman–Crippen LogP) is 4.93. The Bertz CT molecular complexity index is 646. The van der Waals surface area contributed by atoms with Crippen molar-refractivity contribution in [2.45, 2.75) is 86.7 Å². The summed E-state index contributed by atoms with van der Waals surface area (Å²) in [7, 11) is 0. The van der Waals surface area contributed by atoms with Crippen molar-refractivity contribution >= 4 is 12.4 Å². The van der Waals surface area contributed by atoms with Gasteiger partial charge in [0.1, 0.15) is 0 Å². The van der Waals surface area contributed by atoms with Crippen LogP contribution in [0.2, 0.25) is 6.32 Å². The highest BCUT2D eigenvalue weighted by atomic mass is 16.5. The minimum absolute atomic E-state index is 0.0657. The van der Waals surface area contributed by atoms with E-state index in [9.17, 15) is 0 Å². The molecule has 1 fully saturated rings. The summed E-state index contributed by atoms with van der Waals surface area (Å²) in [5.41, 5.74) is 6.26. The second-order valence-electron chi connectivity index (χ2n) is 10.6. The van der Waals surface area contributed by atoms with Gasteiger partial charge in [-0.05, 0) is 72.4 Å². The second-order valence-corrected chi connectivity index (χ2v) is 10.6. The van der Waals surface area contributed by atoms with E-state index in [0.717, 1.165) is 31.1 Å². The van der Waals surface area contributed by atoms with E-state index in [0.29, 0.717) is 0 Å². The summed E-state index contributed by atoms with van der Waals surface area (Å²) in [6.45, 7) is 22.4. The summed E-state index contributed by atoms with van der Waals surface area (Å²) in [6, 6.07) is 4.93. The number of hydrogen-bond acceptors (Lipinski definition) is 2. The standard InChI is InChI=1S/C24H40BNO/c1-9-19-12-21(25-16-23(5,6)24(7,8)27-25)13-20-10-11-26(15-22(19)20)14-18(4)17(2)3/h12-13,17-18H,9-11,14-16H2,1-8H3. The van der Waals surface area contributed by atoms with E-state index in [4.69, 9.17) is 4.65 Å². The molecule has 0 saturated carbocycles. The van der Waals surface area contributed by atoms with Crippen molar-refractivity contribution in [1.82, 2.24) is 4.90 Å². The molecule has 0 spiro atoms. The van der Waals surface area contributed by atoms with Gasteiger partial charge in [-0.15, -0.1) is 0 Å². The maximum absolute atomic E-state index is 6.53. The lowest BCUT2D eigenvalue weighted by atomic mass is 9.53. The number of aryl methyl sites for hydroxylation is 1. The Labute approximate surface area is 168 Å². The van der Waals surface area contributed by atoms with Crippen molar-refractivity contribution in [2.75, 3.05) is 13.1 Å². The highest BCUT2D eigenvalue weighted by Crippen LogP contribution is 2.45. The summed E-state index contributed by atoms with van der Waals surface area (Å²) in [4.78, 5) is 2.67. The molecule has 2 aliphatic heterocycles. The van der Waals surface area contributed by atoms with Gasteiger partial charge in [-0.2, -0.15) is 0 Å². The molecule has 1 unspecified atom stereocenters. The molecular weight excluding hydrogens is 329 g/mol. The molecule has 0 amide bonds. The highest BCUT2D eigenvalue weighted by molar-refractivity contribution is 6.68. The Morgan fingerprint density at radius 2 is 1.85 bits per heavy atom. The molecule has 0 N–H and O–H groups in total. The van der Waals surface area contributed by atoms with Crippen molar-refractivity contribution in [3.8, 4) is 0 Å². The smallest absolute Gasteiger partial charge is 0.327 e. The van der Waals surface area contributed by atoms with E-state index in [2.05, 4.69) is 72.4 Å². The van der Waals surface area contributed by atoms with Gasteiger partial charge in [-0.3, -0.25) is 4.90 Å². The molecule has 2 nitrogen and oxygen atoms in total. The molecule has 0 aromatic heterocycles. The van der Waals surface area contributed by atoms with Crippen molar-refractivity contribution in [2.24, 2.45) is 17.3 Å². The van der Waals surface area contributed by atoms with Gasteiger partial charge < -0.3 is 4.65 Å². The van der Waals surface area contributed by atoms with Crippen LogP contribution in [0.5, 0.6) is 0 Å². The lowest BCUT2D eigenvalue weighted by molar-refractivity contribution is 0.0375. The van der Waals surface area contributed by atoms with Crippen molar-refractivity contribution in [3.63, 3.8) is 0 Å². The van der Waals surface area contributed by atoms with Crippen LogP contribution in [0, 0.1) is 17.3 Å². The molecule has 2 aliphatic rings. The van der Waals surface area contributed by atoms with Gasteiger partial charge in [0.25, 0.3) is 0 Å². The third kappa shape index (κ3) is 4.15. The Balaban J connectivity index is 1.83. The first kappa shape index (κ1) is 20.9. The van der Waals surface area contributed by atoms with E-state index in [1.807, 2.05) is 0 Å². The summed E-state index contributed by atoms with van der Waals surface area (Å²) in [5.74, 6) is 1.51. The fourth-order valence-electron chi connectivity index (χ4n) is 4.56. The van der Waals surface area contributed by atoms with Crippen LogP contribution in [-0.2, 0) is 24.0 Å². The fourth-order valence-corrected chi connectivity index (χ4v) is 4.56. The third-order valence-corrected chi connectivity index (χ3v) is 7.74. The molecule has 0 aliphatic carbocycles. The first-order valence-electron chi connectivity index (χ1n) is 11.1. The molecule has 3 rings (SSSR count). The van der Waals surface area contributed by atoms with Crippen LogP contribution in [-0.4, -0.2) is 30.5 Å². The first-order valence-corrected chi connectivity index (χ1v) is 11.1. The zero-order valence-corrected chi connectivity index (χ0v) is 19.0. The van der Waals surface area contributed by atoms with Crippen LogP contribution < -0.4 is 5.46 Å². The Morgan fingerprint density at radius 3 is 2.41 bits per heavy atom. The van der Waals surface area contributed by atoms with Crippen LogP contribution >= 0.6 is 0 Å². The molecule has 0 bridgehead atoms. The summed E-state index contributed by atoms with van der Waals surface area (Å²) >= 11 is 0. The summed E-state index contributed by atoms with van der Waals surface area (Å²) < 4.78 is 6.53. The average Bonchev–Trinajstić information content (AvgIpc) is 2.81. The lowest BCUT2D eigenvalue weighted by Gasteiger charge is -2.34. The van der Waals surface area contributed by atoms with E-state index in [1.54, 1.807) is 11.1 Å². The normalized spacial score (nSPS) is 22.9. The second kappa shape index (κ2) is 7.56.